The molecule has 0 saturated carbocycles. The summed E-state index contributed by atoms with van der Waals surface area (Å²) in [5.41, 5.74) is 10.2. The van der Waals surface area contributed by atoms with Crippen LogP contribution in [-0.2, 0) is 11.3 Å². The Morgan fingerprint density at radius 3 is 2.46 bits per heavy atom. The standard InChI is InChI=1S/C20H21N7O/c21-12-17-3-6-19(11-20(17)25-7-9-28-10-8-25)27(26-14-23-24-15-26)13-16-1-4-18(22)5-2-16/h1-6,11,14-15H,7-10,13,22H2. The summed E-state index contributed by atoms with van der Waals surface area (Å²) in [4.78, 5) is 2.19. The monoisotopic (exact) mass is 375 g/mol. The molecule has 1 aliphatic rings. The van der Waals surface area contributed by atoms with Crippen LogP contribution in [0.25, 0.3) is 0 Å². The van der Waals surface area contributed by atoms with E-state index in [1.807, 2.05) is 47.1 Å². The quantitative estimate of drug-likeness (QED) is 0.682. The molecule has 0 unspecified atom stereocenters. The van der Waals surface area contributed by atoms with E-state index in [0.717, 1.165) is 35.7 Å². The summed E-state index contributed by atoms with van der Waals surface area (Å²) >= 11 is 0. The third-order valence-electron chi connectivity index (χ3n) is 4.75. The molecule has 2 heterocycles. The van der Waals surface area contributed by atoms with Crippen molar-refractivity contribution in [3.8, 4) is 6.07 Å². The number of nitrogens with zero attached hydrogens (tertiary/aromatic N) is 6. The number of ether oxygens (including phenoxy) is 1. The second kappa shape index (κ2) is 7.98. The first-order chi connectivity index (χ1) is 13.7. The molecule has 3 aromatic rings. The van der Waals surface area contributed by atoms with Gasteiger partial charge in [-0.05, 0) is 35.9 Å². The van der Waals surface area contributed by atoms with Crippen LogP contribution in [0, 0.1) is 11.3 Å². The Morgan fingerprint density at radius 1 is 1.07 bits per heavy atom. The molecule has 1 aliphatic heterocycles. The van der Waals surface area contributed by atoms with Crippen LogP contribution in [0.3, 0.4) is 0 Å². The Labute approximate surface area is 163 Å². The van der Waals surface area contributed by atoms with E-state index in [2.05, 4.69) is 26.2 Å². The van der Waals surface area contributed by atoms with Crippen LogP contribution >= 0.6 is 0 Å². The molecule has 0 bridgehead atoms. The van der Waals surface area contributed by atoms with Gasteiger partial charge in [0.25, 0.3) is 0 Å². The van der Waals surface area contributed by atoms with Crippen molar-refractivity contribution in [3.05, 3.63) is 66.2 Å². The highest BCUT2D eigenvalue weighted by Crippen LogP contribution is 2.29. The van der Waals surface area contributed by atoms with Gasteiger partial charge in [-0.3, -0.25) is 5.01 Å². The van der Waals surface area contributed by atoms with E-state index in [0.29, 0.717) is 25.3 Å². The molecule has 1 aromatic heterocycles. The second-order valence-electron chi connectivity index (χ2n) is 6.55. The summed E-state index contributed by atoms with van der Waals surface area (Å²) < 4.78 is 7.29. The van der Waals surface area contributed by atoms with Gasteiger partial charge in [0.2, 0.25) is 0 Å². The summed E-state index contributed by atoms with van der Waals surface area (Å²) in [7, 11) is 0. The molecule has 8 heteroatoms. The van der Waals surface area contributed by atoms with Crippen LogP contribution in [0.1, 0.15) is 11.1 Å². The lowest BCUT2D eigenvalue weighted by Crippen LogP contribution is -2.37. The van der Waals surface area contributed by atoms with Gasteiger partial charge in [-0.1, -0.05) is 12.1 Å². The molecule has 0 radical (unpaired) electrons. The summed E-state index contributed by atoms with van der Waals surface area (Å²) in [5, 5.41) is 19.5. The minimum atomic E-state index is 0.604. The third-order valence-corrected chi connectivity index (χ3v) is 4.75. The molecule has 142 valence electrons. The molecule has 0 aliphatic carbocycles. The molecule has 28 heavy (non-hydrogen) atoms. The van der Waals surface area contributed by atoms with Gasteiger partial charge in [-0.15, -0.1) is 10.2 Å². The topological polar surface area (TPSA) is 96.2 Å². The van der Waals surface area contributed by atoms with Gasteiger partial charge in [0.15, 0.2) is 0 Å². The fourth-order valence-corrected chi connectivity index (χ4v) is 3.26. The van der Waals surface area contributed by atoms with E-state index in [9.17, 15) is 5.26 Å². The van der Waals surface area contributed by atoms with Gasteiger partial charge < -0.3 is 15.4 Å². The lowest BCUT2D eigenvalue weighted by Gasteiger charge is -2.31. The van der Waals surface area contributed by atoms with Crippen LogP contribution in [0.2, 0.25) is 0 Å². The highest BCUT2D eigenvalue weighted by molar-refractivity contribution is 5.67. The SMILES string of the molecule is N#Cc1ccc(N(Cc2ccc(N)cc2)n2cnnc2)cc1N1CCOCC1. The molecule has 2 aromatic carbocycles. The average molecular weight is 375 g/mol. The lowest BCUT2D eigenvalue weighted by atomic mass is 10.1. The second-order valence-corrected chi connectivity index (χ2v) is 6.55. The Bertz CT molecular complexity index is 957. The normalized spacial score (nSPS) is 13.9. The number of nitriles is 1. The van der Waals surface area contributed by atoms with Gasteiger partial charge >= 0.3 is 0 Å². The highest BCUT2D eigenvalue weighted by atomic mass is 16.5. The number of benzene rings is 2. The number of nitrogen functional groups attached to an aromatic ring is 1. The Balaban J connectivity index is 1.71. The first-order valence-electron chi connectivity index (χ1n) is 9.08. The number of rotatable bonds is 5. The number of nitrogens with two attached hydrogens (primary N) is 1. The molecule has 2 N–H and O–H groups in total. The zero-order chi connectivity index (χ0) is 19.3. The molecule has 1 fully saturated rings. The molecule has 0 amide bonds. The Hall–Kier alpha value is -3.57. The minimum absolute atomic E-state index is 0.604. The first kappa shape index (κ1) is 17.8. The number of morpholine rings is 1. The zero-order valence-electron chi connectivity index (χ0n) is 15.4. The Kier molecular flexibility index (Phi) is 5.08. The smallest absolute Gasteiger partial charge is 0.139 e. The van der Waals surface area contributed by atoms with Gasteiger partial charge in [0.1, 0.15) is 18.7 Å². The summed E-state index contributed by atoms with van der Waals surface area (Å²) in [6, 6.07) is 15.9. The van der Waals surface area contributed by atoms with Crippen molar-refractivity contribution in [2.45, 2.75) is 6.54 Å². The molecule has 4 rings (SSSR count). The van der Waals surface area contributed by atoms with Gasteiger partial charge in [-0.2, -0.15) is 5.26 Å². The van der Waals surface area contributed by atoms with Gasteiger partial charge in [-0.25, -0.2) is 4.68 Å². The summed E-state index contributed by atoms with van der Waals surface area (Å²) in [6.45, 7) is 3.46. The maximum absolute atomic E-state index is 9.57. The van der Waals surface area contributed by atoms with Crippen molar-refractivity contribution in [1.29, 1.82) is 5.26 Å². The number of anilines is 3. The van der Waals surface area contributed by atoms with Crippen LogP contribution in [0.4, 0.5) is 17.1 Å². The van der Waals surface area contributed by atoms with Gasteiger partial charge in [0.05, 0.1) is 36.7 Å². The molecule has 0 spiro atoms. The van der Waals surface area contributed by atoms with Crippen molar-refractivity contribution in [3.63, 3.8) is 0 Å². The van der Waals surface area contributed by atoms with E-state index in [1.165, 1.54) is 0 Å². The minimum Gasteiger partial charge on any atom is -0.399 e. The van der Waals surface area contributed by atoms with E-state index in [4.69, 9.17) is 10.5 Å². The largest absolute Gasteiger partial charge is 0.399 e. The lowest BCUT2D eigenvalue weighted by molar-refractivity contribution is 0.122. The third kappa shape index (κ3) is 3.75. The predicted molar refractivity (Wildman–Crippen MR) is 107 cm³/mol. The van der Waals surface area contributed by atoms with Crippen molar-refractivity contribution in [2.24, 2.45) is 0 Å². The zero-order valence-corrected chi connectivity index (χ0v) is 15.4. The van der Waals surface area contributed by atoms with Crippen LogP contribution in [0.15, 0.2) is 55.1 Å². The summed E-state index contributed by atoms with van der Waals surface area (Å²) in [5.74, 6) is 0. The fourth-order valence-electron chi connectivity index (χ4n) is 3.26. The van der Waals surface area contributed by atoms with E-state index in [1.54, 1.807) is 12.7 Å². The Morgan fingerprint density at radius 2 is 1.79 bits per heavy atom. The fraction of sp³-hybridized carbons (Fsp3) is 0.250. The average Bonchev–Trinajstić information content (AvgIpc) is 3.28. The number of hydrogen-bond acceptors (Lipinski definition) is 7. The van der Waals surface area contributed by atoms with Crippen LogP contribution < -0.4 is 15.6 Å². The van der Waals surface area contributed by atoms with Gasteiger partial charge in [0, 0.05) is 18.8 Å². The first-order valence-corrected chi connectivity index (χ1v) is 9.08. The van der Waals surface area contributed by atoms with Crippen LogP contribution in [-0.4, -0.2) is 41.2 Å². The summed E-state index contributed by atoms with van der Waals surface area (Å²) in [6.07, 6.45) is 3.31. The molecular formula is C20H21N7O. The maximum Gasteiger partial charge on any atom is 0.139 e. The van der Waals surface area contributed by atoms with E-state index < -0.39 is 0 Å². The van der Waals surface area contributed by atoms with Crippen molar-refractivity contribution >= 4 is 17.1 Å². The van der Waals surface area contributed by atoms with Crippen molar-refractivity contribution < 1.29 is 4.74 Å². The van der Waals surface area contributed by atoms with E-state index >= 15 is 0 Å². The van der Waals surface area contributed by atoms with E-state index in [-0.39, 0.29) is 0 Å². The van der Waals surface area contributed by atoms with Crippen molar-refractivity contribution in [1.82, 2.24) is 14.9 Å². The number of hydrogen-bond donors (Lipinski definition) is 1. The maximum atomic E-state index is 9.57. The van der Waals surface area contributed by atoms with Crippen LogP contribution in [0.5, 0.6) is 0 Å². The molecule has 0 atom stereocenters. The highest BCUT2D eigenvalue weighted by Gasteiger charge is 2.18. The molecular weight excluding hydrogens is 354 g/mol. The van der Waals surface area contributed by atoms with Crippen molar-refractivity contribution in [2.75, 3.05) is 41.9 Å². The molecule has 8 nitrogen and oxygen atoms in total. The predicted octanol–water partition coefficient (Wildman–Crippen LogP) is 2.04. The molecule has 1 saturated heterocycles. The number of aromatic nitrogens is 3.